The van der Waals surface area contributed by atoms with Crippen LogP contribution in [0, 0.1) is 12.8 Å². The summed E-state index contributed by atoms with van der Waals surface area (Å²) in [5, 5.41) is 0. The fourth-order valence-corrected chi connectivity index (χ4v) is 1.89. The standard InChI is InChI=1S/C14H21NO/c1-5-15(9-11(2)3)14-7-6-12(4)8-13(14)10-16/h6-8,10-11H,5,9H2,1-4H3. The predicted molar refractivity (Wildman–Crippen MR) is 69.3 cm³/mol. The molecule has 1 aromatic carbocycles. The topological polar surface area (TPSA) is 20.3 Å². The second-order valence-electron chi connectivity index (χ2n) is 4.61. The molecule has 0 bridgehead atoms. The highest BCUT2D eigenvalue weighted by molar-refractivity contribution is 5.85. The SMILES string of the molecule is CCN(CC(C)C)c1ccc(C)cc1C=O. The maximum Gasteiger partial charge on any atom is 0.152 e. The minimum Gasteiger partial charge on any atom is -0.371 e. The first-order chi connectivity index (χ1) is 7.58. The van der Waals surface area contributed by atoms with Gasteiger partial charge in [0.15, 0.2) is 6.29 Å². The van der Waals surface area contributed by atoms with E-state index in [9.17, 15) is 4.79 Å². The molecule has 0 unspecified atom stereocenters. The lowest BCUT2D eigenvalue weighted by Crippen LogP contribution is -2.28. The Morgan fingerprint density at radius 1 is 1.38 bits per heavy atom. The largest absolute Gasteiger partial charge is 0.371 e. The molecule has 2 nitrogen and oxygen atoms in total. The van der Waals surface area contributed by atoms with Gasteiger partial charge in [0, 0.05) is 24.3 Å². The molecule has 88 valence electrons. The predicted octanol–water partition coefficient (Wildman–Crippen LogP) is 3.29. The van der Waals surface area contributed by atoms with Crippen LogP contribution in [-0.4, -0.2) is 19.4 Å². The summed E-state index contributed by atoms with van der Waals surface area (Å²) in [6.45, 7) is 10.4. The van der Waals surface area contributed by atoms with E-state index < -0.39 is 0 Å². The Balaban J connectivity index is 3.04. The van der Waals surface area contributed by atoms with Crippen LogP contribution in [0.15, 0.2) is 18.2 Å². The Morgan fingerprint density at radius 3 is 2.56 bits per heavy atom. The number of aryl methyl sites for hydroxylation is 1. The van der Waals surface area contributed by atoms with Gasteiger partial charge in [0.25, 0.3) is 0 Å². The second kappa shape index (κ2) is 5.69. The summed E-state index contributed by atoms with van der Waals surface area (Å²) in [5.74, 6) is 0.598. The van der Waals surface area contributed by atoms with Crippen LogP contribution in [0.25, 0.3) is 0 Å². The summed E-state index contributed by atoms with van der Waals surface area (Å²) >= 11 is 0. The van der Waals surface area contributed by atoms with Gasteiger partial charge in [-0.3, -0.25) is 4.79 Å². The molecule has 1 rings (SSSR count). The average Bonchev–Trinajstić information content (AvgIpc) is 2.25. The first-order valence-electron chi connectivity index (χ1n) is 5.89. The van der Waals surface area contributed by atoms with Crippen molar-refractivity contribution in [1.82, 2.24) is 0 Å². The minimum absolute atomic E-state index is 0.598. The van der Waals surface area contributed by atoms with Crippen LogP contribution in [0.4, 0.5) is 5.69 Å². The number of nitrogens with zero attached hydrogens (tertiary/aromatic N) is 1. The molecule has 0 aromatic heterocycles. The smallest absolute Gasteiger partial charge is 0.152 e. The van der Waals surface area contributed by atoms with Crippen LogP contribution in [0.1, 0.15) is 36.7 Å². The third-order valence-corrected chi connectivity index (χ3v) is 2.62. The quantitative estimate of drug-likeness (QED) is 0.708. The van der Waals surface area contributed by atoms with E-state index in [2.05, 4.69) is 31.7 Å². The van der Waals surface area contributed by atoms with Gasteiger partial charge >= 0.3 is 0 Å². The molecule has 0 spiro atoms. The van der Waals surface area contributed by atoms with Gasteiger partial charge in [-0.15, -0.1) is 0 Å². The summed E-state index contributed by atoms with van der Waals surface area (Å²) in [6, 6.07) is 6.06. The van der Waals surface area contributed by atoms with Crippen molar-refractivity contribution >= 4 is 12.0 Å². The normalized spacial score (nSPS) is 10.6. The van der Waals surface area contributed by atoms with Gasteiger partial charge in [0.2, 0.25) is 0 Å². The Bertz CT molecular complexity index is 358. The minimum atomic E-state index is 0.598. The zero-order valence-electron chi connectivity index (χ0n) is 10.7. The molecule has 0 aliphatic heterocycles. The van der Waals surface area contributed by atoms with Crippen molar-refractivity contribution in [2.45, 2.75) is 27.7 Å². The van der Waals surface area contributed by atoms with E-state index in [4.69, 9.17) is 0 Å². The van der Waals surface area contributed by atoms with Crippen LogP contribution in [0.2, 0.25) is 0 Å². The molecule has 0 aliphatic rings. The van der Waals surface area contributed by atoms with E-state index in [0.717, 1.165) is 36.2 Å². The fraction of sp³-hybridized carbons (Fsp3) is 0.500. The molecular weight excluding hydrogens is 198 g/mol. The van der Waals surface area contributed by atoms with E-state index in [1.807, 2.05) is 19.1 Å². The Hall–Kier alpha value is -1.31. The molecule has 0 saturated carbocycles. The van der Waals surface area contributed by atoms with Crippen molar-refractivity contribution in [1.29, 1.82) is 0 Å². The molecule has 2 heteroatoms. The molecule has 0 radical (unpaired) electrons. The third kappa shape index (κ3) is 3.09. The zero-order valence-corrected chi connectivity index (χ0v) is 10.7. The fourth-order valence-electron chi connectivity index (χ4n) is 1.89. The number of aldehydes is 1. The van der Waals surface area contributed by atoms with Crippen molar-refractivity contribution in [3.8, 4) is 0 Å². The number of anilines is 1. The number of hydrogen-bond donors (Lipinski definition) is 0. The molecule has 0 aliphatic carbocycles. The van der Waals surface area contributed by atoms with E-state index in [1.165, 1.54) is 0 Å². The molecular formula is C14H21NO. The Kier molecular flexibility index (Phi) is 4.53. The number of carbonyl (C=O) groups is 1. The molecule has 0 fully saturated rings. The first kappa shape index (κ1) is 12.8. The highest BCUT2D eigenvalue weighted by Crippen LogP contribution is 2.21. The second-order valence-corrected chi connectivity index (χ2v) is 4.61. The van der Waals surface area contributed by atoms with Gasteiger partial charge in [-0.05, 0) is 31.9 Å². The van der Waals surface area contributed by atoms with Crippen LogP contribution in [0.5, 0.6) is 0 Å². The van der Waals surface area contributed by atoms with Crippen LogP contribution in [-0.2, 0) is 0 Å². The van der Waals surface area contributed by atoms with E-state index >= 15 is 0 Å². The maximum atomic E-state index is 11.1. The van der Waals surface area contributed by atoms with Crippen molar-refractivity contribution in [3.05, 3.63) is 29.3 Å². The van der Waals surface area contributed by atoms with E-state index in [1.54, 1.807) is 0 Å². The summed E-state index contributed by atoms with van der Waals surface area (Å²) in [5.41, 5.74) is 2.98. The molecule has 16 heavy (non-hydrogen) atoms. The Labute approximate surface area is 98.3 Å². The van der Waals surface area contributed by atoms with E-state index in [0.29, 0.717) is 5.92 Å². The molecule has 0 heterocycles. The third-order valence-electron chi connectivity index (χ3n) is 2.62. The summed E-state index contributed by atoms with van der Waals surface area (Å²) in [4.78, 5) is 13.3. The zero-order chi connectivity index (χ0) is 12.1. The van der Waals surface area contributed by atoms with Gasteiger partial charge in [0.1, 0.15) is 0 Å². The van der Waals surface area contributed by atoms with Crippen molar-refractivity contribution in [3.63, 3.8) is 0 Å². The average molecular weight is 219 g/mol. The number of benzene rings is 1. The van der Waals surface area contributed by atoms with Crippen LogP contribution >= 0.6 is 0 Å². The van der Waals surface area contributed by atoms with Crippen molar-refractivity contribution in [2.75, 3.05) is 18.0 Å². The molecule has 0 amide bonds. The lowest BCUT2D eigenvalue weighted by molar-refractivity contribution is 0.112. The molecule has 0 atom stereocenters. The summed E-state index contributed by atoms with van der Waals surface area (Å²) < 4.78 is 0. The van der Waals surface area contributed by atoms with Crippen molar-refractivity contribution < 1.29 is 4.79 Å². The number of rotatable bonds is 5. The van der Waals surface area contributed by atoms with Crippen LogP contribution < -0.4 is 4.90 Å². The lowest BCUT2D eigenvalue weighted by Gasteiger charge is -2.26. The van der Waals surface area contributed by atoms with Gasteiger partial charge < -0.3 is 4.90 Å². The summed E-state index contributed by atoms with van der Waals surface area (Å²) in [7, 11) is 0. The van der Waals surface area contributed by atoms with Crippen LogP contribution in [0.3, 0.4) is 0 Å². The molecule has 1 aromatic rings. The molecule has 0 N–H and O–H groups in total. The highest BCUT2D eigenvalue weighted by Gasteiger charge is 2.10. The van der Waals surface area contributed by atoms with Gasteiger partial charge in [-0.1, -0.05) is 25.5 Å². The number of hydrogen-bond acceptors (Lipinski definition) is 2. The number of carbonyl (C=O) groups excluding carboxylic acids is 1. The Morgan fingerprint density at radius 2 is 2.06 bits per heavy atom. The van der Waals surface area contributed by atoms with Gasteiger partial charge in [-0.25, -0.2) is 0 Å². The maximum absolute atomic E-state index is 11.1. The highest BCUT2D eigenvalue weighted by atomic mass is 16.1. The summed E-state index contributed by atoms with van der Waals surface area (Å²) in [6.07, 6.45) is 0.950. The lowest BCUT2D eigenvalue weighted by atomic mass is 10.1. The van der Waals surface area contributed by atoms with E-state index in [-0.39, 0.29) is 0 Å². The molecule has 0 saturated heterocycles. The van der Waals surface area contributed by atoms with Crippen molar-refractivity contribution in [2.24, 2.45) is 5.92 Å². The van der Waals surface area contributed by atoms with Gasteiger partial charge in [-0.2, -0.15) is 0 Å². The first-order valence-corrected chi connectivity index (χ1v) is 5.89. The van der Waals surface area contributed by atoms with Gasteiger partial charge in [0.05, 0.1) is 0 Å². The monoisotopic (exact) mass is 219 g/mol.